The van der Waals surface area contributed by atoms with Crippen LogP contribution in [0.2, 0.25) is 0 Å². The van der Waals surface area contributed by atoms with Gasteiger partial charge in [-0.05, 0) is 0 Å². The lowest BCUT2D eigenvalue weighted by Crippen LogP contribution is -2.28. The number of hydrogen-bond acceptors (Lipinski definition) is 5. The van der Waals surface area contributed by atoms with E-state index in [9.17, 15) is 25.0 Å². The van der Waals surface area contributed by atoms with E-state index in [-0.39, 0.29) is 0 Å². The van der Waals surface area contributed by atoms with Crippen molar-refractivity contribution in [2.45, 2.75) is 12.6 Å². The molecule has 0 aliphatic rings. The minimum atomic E-state index is -2.04. The molecule has 1 radical (unpaired) electrons. The normalized spacial score (nSPS) is 9.30. The molecular formula is C3H3N2O5. The number of nitrogens with zero attached hydrogens (tertiary/aromatic N) is 2. The van der Waals surface area contributed by atoms with E-state index in [1.807, 2.05) is 0 Å². The van der Waals surface area contributed by atoms with Crippen LogP contribution in [0, 0.1) is 20.2 Å². The fraction of sp³-hybridized carbons (Fsp3) is 0.667. The van der Waals surface area contributed by atoms with Gasteiger partial charge in [-0.25, -0.2) is 0 Å². The first-order valence-corrected chi connectivity index (χ1v) is 2.21. The Bertz CT molecular complexity index is 152. The Kier molecular flexibility index (Phi) is 2.95. The standard InChI is InChI=1S/C3H3N2O5/c6-2-1-3(4(7)8)5(9)10/h3H,1H2. The SMILES string of the molecule is O=[C]CC([N+](=O)[O-])[N+](=O)[O-]. The van der Waals surface area contributed by atoms with Crippen molar-refractivity contribution in [2.75, 3.05) is 0 Å². The van der Waals surface area contributed by atoms with Gasteiger partial charge in [0.2, 0.25) is 6.29 Å². The van der Waals surface area contributed by atoms with Gasteiger partial charge >= 0.3 is 6.17 Å². The molecule has 7 heteroatoms. The molecule has 0 fully saturated rings. The van der Waals surface area contributed by atoms with Gasteiger partial charge in [0, 0.05) is 0 Å². The van der Waals surface area contributed by atoms with E-state index in [4.69, 9.17) is 0 Å². The van der Waals surface area contributed by atoms with Crippen LogP contribution >= 0.6 is 0 Å². The second-order valence-electron chi connectivity index (χ2n) is 1.40. The highest BCUT2D eigenvalue weighted by Gasteiger charge is 2.31. The summed E-state index contributed by atoms with van der Waals surface area (Å²) in [4.78, 5) is 26.7. The average molecular weight is 147 g/mol. The highest BCUT2D eigenvalue weighted by Crippen LogP contribution is 1.93. The number of rotatable bonds is 4. The third kappa shape index (κ3) is 2.16. The maximum absolute atomic E-state index is 9.72. The predicted octanol–water partition coefficient (Wildman–Crippen LogP) is -0.634. The summed E-state index contributed by atoms with van der Waals surface area (Å²) in [6, 6.07) is 0. The van der Waals surface area contributed by atoms with Crippen molar-refractivity contribution in [2.24, 2.45) is 0 Å². The van der Waals surface area contributed by atoms with Gasteiger partial charge in [-0.3, -0.25) is 25.0 Å². The van der Waals surface area contributed by atoms with Gasteiger partial charge < -0.3 is 0 Å². The van der Waals surface area contributed by atoms with Crippen molar-refractivity contribution in [1.82, 2.24) is 0 Å². The molecule has 0 saturated carbocycles. The summed E-state index contributed by atoms with van der Waals surface area (Å²) in [5, 5.41) is 19.4. The predicted molar refractivity (Wildman–Crippen MR) is 28.1 cm³/mol. The van der Waals surface area contributed by atoms with Crippen LogP contribution in [-0.2, 0) is 4.79 Å². The van der Waals surface area contributed by atoms with Crippen LogP contribution < -0.4 is 0 Å². The minimum absolute atomic E-state index is 0.806. The molecule has 0 spiro atoms. The third-order valence-corrected chi connectivity index (χ3v) is 0.753. The van der Waals surface area contributed by atoms with Gasteiger partial charge in [0.05, 0.1) is 9.85 Å². The molecule has 0 bridgehead atoms. The van der Waals surface area contributed by atoms with E-state index in [2.05, 4.69) is 0 Å². The van der Waals surface area contributed by atoms with Crippen LogP contribution in [0.5, 0.6) is 0 Å². The number of hydrogen-bond donors (Lipinski definition) is 0. The lowest BCUT2D eigenvalue weighted by atomic mass is 10.4. The van der Waals surface area contributed by atoms with E-state index in [1.54, 1.807) is 0 Å². The largest absolute Gasteiger partial charge is 0.458 e. The lowest BCUT2D eigenvalue weighted by molar-refractivity contribution is -0.740. The molecule has 0 amide bonds. The van der Waals surface area contributed by atoms with Crippen LogP contribution in [0.25, 0.3) is 0 Å². The van der Waals surface area contributed by atoms with Crippen molar-refractivity contribution >= 4 is 6.29 Å². The van der Waals surface area contributed by atoms with Crippen molar-refractivity contribution in [3.63, 3.8) is 0 Å². The topological polar surface area (TPSA) is 103 Å². The quantitative estimate of drug-likeness (QED) is 0.299. The first kappa shape index (κ1) is 8.47. The van der Waals surface area contributed by atoms with Gasteiger partial charge in [0.1, 0.15) is 0 Å². The van der Waals surface area contributed by atoms with Gasteiger partial charge in [0.15, 0.2) is 6.42 Å². The smallest absolute Gasteiger partial charge is 0.290 e. The minimum Gasteiger partial charge on any atom is -0.290 e. The summed E-state index contributed by atoms with van der Waals surface area (Å²) >= 11 is 0. The summed E-state index contributed by atoms with van der Waals surface area (Å²) < 4.78 is 0. The fourth-order valence-electron chi connectivity index (χ4n) is 0.301. The number of carbonyl (C=O) groups excluding carboxylic acids is 1. The molecule has 0 aromatic carbocycles. The fourth-order valence-corrected chi connectivity index (χ4v) is 0.301. The zero-order chi connectivity index (χ0) is 8.15. The molecule has 0 rings (SSSR count). The molecule has 0 atom stereocenters. The van der Waals surface area contributed by atoms with E-state index in [1.165, 1.54) is 0 Å². The van der Waals surface area contributed by atoms with Crippen molar-refractivity contribution < 1.29 is 14.6 Å². The van der Waals surface area contributed by atoms with Crippen molar-refractivity contribution in [3.8, 4) is 0 Å². The maximum atomic E-state index is 9.72. The van der Waals surface area contributed by atoms with E-state index in [0.29, 0.717) is 0 Å². The molecule has 0 saturated heterocycles. The Morgan fingerprint density at radius 1 is 1.30 bits per heavy atom. The highest BCUT2D eigenvalue weighted by molar-refractivity contribution is 5.50. The Balaban J connectivity index is 4.11. The Labute approximate surface area is 54.9 Å². The third-order valence-electron chi connectivity index (χ3n) is 0.753. The van der Waals surface area contributed by atoms with Crippen LogP contribution in [0.4, 0.5) is 0 Å². The molecule has 0 aliphatic heterocycles. The Morgan fingerprint density at radius 3 is 1.80 bits per heavy atom. The summed E-state index contributed by atoms with van der Waals surface area (Å²) in [5.41, 5.74) is 0. The lowest BCUT2D eigenvalue weighted by Gasteiger charge is -1.94. The van der Waals surface area contributed by atoms with Crippen molar-refractivity contribution in [3.05, 3.63) is 20.2 Å². The van der Waals surface area contributed by atoms with Crippen molar-refractivity contribution in [1.29, 1.82) is 0 Å². The molecule has 0 aromatic heterocycles. The summed E-state index contributed by atoms with van der Waals surface area (Å²) in [5.74, 6) is 0. The first-order chi connectivity index (χ1) is 4.59. The molecule has 55 valence electrons. The van der Waals surface area contributed by atoms with Crippen LogP contribution in [0.1, 0.15) is 6.42 Å². The molecule has 7 nitrogen and oxygen atoms in total. The summed E-state index contributed by atoms with van der Waals surface area (Å²) in [6.07, 6.45) is -1.75. The van der Waals surface area contributed by atoms with E-state index < -0.39 is 22.4 Å². The summed E-state index contributed by atoms with van der Waals surface area (Å²) in [6.45, 7) is 0. The van der Waals surface area contributed by atoms with Gasteiger partial charge in [-0.15, -0.1) is 0 Å². The highest BCUT2D eigenvalue weighted by atomic mass is 16.7. The second kappa shape index (κ2) is 3.49. The monoisotopic (exact) mass is 147 g/mol. The average Bonchev–Trinajstić information content (AvgIpc) is 1.81. The maximum Gasteiger partial charge on any atom is 0.458 e. The molecule has 0 aromatic rings. The second-order valence-corrected chi connectivity index (χ2v) is 1.40. The molecule has 0 N–H and O–H groups in total. The molecule has 0 aliphatic carbocycles. The summed E-state index contributed by atoms with van der Waals surface area (Å²) in [7, 11) is 0. The van der Waals surface area contributed by atoms with Gasteiger partial charge in [0.25, 0.3) is 0 Å². The molecule has 0 unspecified atom stereocenters. The zero-order valence-electron chi connectivity index (χ0n) is 4.72. The molecule has 10 heavy (non-hydrogen) atoms. The van der Waals surface area contributed by atoms with E-state index >= 15 is 0 Å². The Morgan fingerprint density at radius 2 is 1.70 bits per heavy atom. The van der Waals surface area contributed by atoms with Crippen LogP contribution in [0.3, 0.4) is 0 Å². The van der Waals surface area contributed by atoms with E-state index in [0.717, 1.165) is 6.29 Å². The number of nitro groups is 2. The Hall–Kier alpha value is -1.53. The van der Waals surface area contributed by atoms with Crippen LogP contribution in [0.15, 0.2) is 0 Å². The zero-order valence-corrected chi connectivity index (χ0v) is 4.72. The van der Waals surface area contributed by atoms with Crippen LogP contribution in [-0.4, -0.2) is 22.3 Å². The first-order valence-electron chi connectivity index (χ1n) is 2.21. The molecular weight excluding hydrogens is 144 g/mol. The van der Waals surface area contributed by atoms with Gasteiger partial charge in [-0.2, -0.15) is 0 Å². The van der Waals surface area contributed by atoms with Gasteiger partial charge in [-0.1, -0.05) is 0 Å². The molecule has 0 heterocycles.